The summed E-state index contributed by atoms with van der Waals surface area (Å²) >= 11 is 0. The van der Waals surface area contributed by atoms with Gasteiger partial charge in [-0.3, -0.25) is 14.6 Å². The lowest BCUT2D eigenvalue weighted by molar-refractivity contribution is -0.118. The zero-order chi connectivity index (χ0) is 22.5. The molecule has 32 heavy (non-hydrogen) atoms. The SMILES string of the molecule is CC1=NC(C)=C(C(=O)Nc2ccccc2)[C@H](c2ccccc2)C1C(=O)Nc1ccccc1. The molecule has 5 heteroatoms. The van der Waals surface area contributed by atoms with E-state index in [0.29, 0.717) is 28.4 Å². The van der Waals surface area contributed by atoms with Crippen LogP contribution in [-0.2, 0) is 9.59 Å². The summed E-state index contributed by atoms with van der Waals surface area (Å²) in [5.41, 5.74) is 4.10. The quantitative estimate of drug-likeness (QED) is 0.576. The van der Waals surface area contributed by atoms with Crippen LogP contribution in [0.1, 0.15) is 25.3 Å². The van der Waals surface area contributed by atoms with Crippen LogP contribution in [0.4, 0.5) is 11.4 Å². The maximum atomic E-state index is 13.4. The van der Waals surface area contributed by atoms with Crippen LogP contribution < -0.4 is 10.6 Å². The van der Waals surface area contributed by atoms with Gasteiger partial charge in [-0.1, -0.05) is 66.7 Å². The Kier molecular flexibility index (Phi) is 6.26. The molecule has 0 aliphatic carbocycles. The van der Waals surface area contributed by atoms with Crippen molar-refractivity contribution in [1.82, 2.24) is 0 Å². The monoisotopic (exact) mass is 423 g/mol. The van der Waals surface area contributed by atoms with Crippen LogP contribution in [0.3, 0.4) is 0 Å². The highest BCUT2D eigenvalue weighted by atomic mass is 16.2. The van der Waals surface area contributed by atoms with Crippen molar-refractivity contribution in [3.05, 3.63) is 108 Å². The maximum absolute atomic E-state index is 13.4. The first-order valence-corrected chi connectivity index (χ1v) is 10.6. The fourth-order valence-corrected chi connectivity index (χ4v) is 4.15. The van der Waals surface area contributed by atoms with Crippen molar-refractivity contribution in [1.29, 1.82) is 0 Å². The molecule has 2 atom stereocenters. The van der Waals surface area contributed by atoms with Crippen molar-refractivity contribution in [3.63, 3.8) is 0 Å². The summed E-state index contributed by atoms with van der Waals surface area (Å²) in [6.45, 7) is 3.67. The van der Waals surface area contributed by atoms with Gasteiger partial charge < -0.3 is 10.6 Å². The normalized spacial score (nSPS) is 18.0. The largest absolute Gasteiger partial charge is 0.325 e. The van der Waals surface area contributed by atoms with Crippen LogP contribution in [0, 0.1) is 5.92 Å². The molecule has 1 aliphatic heterocycles. The van der Waals surface area contributed by atoms with E-state index in [2.05, 4.69) is 15.6 Å². The Morgan fingerprint density at radius 2 is 1.22 bits per heavy atom. The Labute approximate surface area is 187 Å². The molecular formula is C27H25N3O2. The van der Waals surface area contributed by atoms with Gasteiger partial charge in [0.1, 0.15) is 0 Å². The number of para-hydroxylation sites is 2. The highest BCUT2D eigenvalue weighted by Crippen LogP contribution is 2.40. The number of allylic oxidation sites excluding steroid dienone is 1. The van der Waals surface area contributed by atoms with Gasteiger partial charge in [0, 0.05) is 34.3 Å². The third-order valence-electron chi connectivity index (χ3n) is 5.59. The molecule has 2 N–H and O–H groups in total. The number of amides is 2. The summed E-state index contributed by atoms with van der Waals surface area (Å²) in [5, 5.41) is 5.96. The Hall–Kier alpha value is -3.99. The van der Waals surface area contributed by atoms with Crippen LogP contribution in [0.25, 0.3) is 0 Å². The summed E-state index contributed by atoms with van der Waals surface area (Å²) < 4.78 is 0. The molecule has 3 aromatic carbocycles. The van der Waals surface area contributed by atoms with E-state index in [9.17, 15) is 9.59 Å². The number of carbonyl (C=O) groups is 2. The van der Waals surface area contributed by atoms with Gasteiger partial charge in [0.05, 0.1) is 5.92 Å². The number of benzene rings is 3. The molecule has 0 fully saturated rings. The number of aliphatic imine (C=N–C) groups is 1. The van der Waals surface area contributed by atoms with Gasteiger partial charge in [0.25, 0.3) is 5.91 Å². The molecule has 4 rings (SSSR count). The number of anilines is 2. The second-order valence-corrected chi connectivity index (χ2v) is 7.79. The van der Waals surface area contributed by atoms with Crippen LogP contribution >= 0.6 is 0 Å². The molecule has 0 spiro atoms. The predicted molar refractivity (Wildman–Crippen MR) is 129 cm³/mol. The van der Waals surface area contributed by atoms with Gasteiger partial charge in [-0.05, 0) is 43.7 Å². The molecular weight excluding hydrogens is 398 g/mol. The minimum Gasteiger partial charge on any atom is -0.325 e. The van der Waals surface area contributed by atoms with Gasteiger partial charge in [-0.2, -0.15) is 0 Å². The Morgan fingerprint density at radius 3 is 1.78 bits per heavy atom. The van der Waals surface area contributed by atoms with E-state index >= 15 is 0 Å². The number of rotatable bonds is 5. The fraction of sp³-hybridized carbons (Fsp3) is 0.148. The van der Waals surface area contributed by atoms with Crippen molar-refractivity contribution < 1.29 is 9.59 Å². The highest BCUT2D eigenvalue weighted by Gasteiger charge is 2.40. The molecule has 0 saturated carbocycles. The fourth-order valence-electron chi connectivity index (χ4n) is 4.15. The first-order chi connectivity index (χ1) is 15.5. The molecule has 1 unspecified atom stereocenters. The van der Waals surface area contributed by atoms with Crippen LogP contribution in [0.15, 0.2) is 107 Å². The highest BCUT2D eigenvalue weighted by molar-refractivity contribution is 6.14. The van der Waals surface area contributed by atoms with E-state index in [-0.39, 0.29) is 11.8 Å². The molecule has 1 aliphatic rings. The van der Waals surface area contributed by atoms with Gasteiger partial charge in [0.2, 0.25) is 5.91 Å². The summed E-state index contributed by atoms with van der Waals surface area (Å²) in [4.78, 5) is 31.5. The standard InChI is InChI=1S/C27H25N3O2/c1-18-23(26(31)29-21-14-8-4-9-15-21)25(20-12-6-3-7-13-20)24(19(2)28-18)27(32)30-22-16-10-5-11-17-22/h3-17,23,25H,1-2H3,(H,29,31)(H,30,32)/t23?,25-/m1/s1. The number of hydrogen-bond acceptors (Lipinski definition) is 3. The molecule has 0 saturated heterocycles. The summed E-state index contributed by atoms with van der Waals surface area (Å²) in [6, 6.07) is 28.3. The van der Waals surface area contributed by atoms with Crippen molar-refractivity contribution in [2.75, 3.05) is 10.6 Å². The van der Waals surface area contributed by atoms with Crippen molar-refractivity contribution in [2.45, 2.75) is 19.8 Å². The number of carbonyl (C=O) groups excluding carboxylic acids is 2. The second kappa shape index (κ2) is 9.43. The van der Waals surface area contributed by atoms with Crippen LogP contribution in [0.2, 0.25) is 0 Å². The number of nitrogens with zero attached hydrogens (tertiary/aromatic N) is 1. The lowest BCUT2D eigenvalue weighted by Crippen LogP contribution is -2.39. The molecule has 1 heterocycles. The lowest BCUT2D eigenvalue weighted by atomic mass is 9.75. The van der Waals surface area contributed by atoms with Crippen molar-refractivity contribution in [3.8, 4) is 0 Å². The van der Waals surface area contributed by atoms with Crippen LogP contribution in [0.5, 0.6) is 0 Å². The van der Waals surface area contributed by atoms with Crippen molar-refractivity contribution >= 4 is 28.9 Å². The van der Waals surface area contributed by atoms with E-state index in [1.54, 1.807) is 0 Å². The van der Waals surface area contributed by atoms with Gasteiger partial charge in [-0.25, -0.2) is 0 Å². The van der Waals surface area contributed by atoms with Crippen LogP contribution in [-0.4, -0.2) is 17.5 Å². The summed E-state index contributed by atoms with van der Waals surface area (Å²) in [5.74, 6) is -1.51. The summed E-state index contributed by atoms with van der Waals surface area (Å²) in [7, 11) is 0. The third-order valence-corrected chi connectivity index (χ3v) is 5.59. The minimum atomic E-state index is -0.613. The minimum absolute atomic E-state index is 0.191. The van der Waals surface area contributed by atoms with Gasteiger partial charge in [-0.15, -0.1) is 0 Å². The molecule has 0 aromatic heterocycles. The summed E-state index contributed by atoms with van der Waals surface area (Å²) in [6.07, 6.45) is 0. The lowest BCUT2D eigenvalue weighted by Gasteiger charge is -2.32. The van der Waals surface area contributed by atoms with Gasteiger partial charge >= 0.3 is 0 Å². The molecule has 2 amide bonds. The molecule has 0 radical (unpaired) electrons. The van der Waals surface area contributed by atoms with E-state index in [0.717, 1.165) is 5.56 Å². The smallest absolute Gasteiger partial charge is 0.254 e. The Balaban J connectivity index is 1.74. The average molecular weight is 424 g/mol. The number of nitrogens with one attached hydrogen (secondary N) is 2. The second-order valence-electron chi connectivity index (χ2n) is 7.79. The maximum Gasteiger partial charge on any atom is 0.254 e. The first kappa shape index (κ1) is 21.2. The zero-order valence-electron chi connectivity index (χ0n) is 18.1. The van der Waals surface area contributed by atoms with E-state index in [4.69, 9.17) is 0 Å². The van der Waals surface area contributed by atoms with Gasteiger partial charge in [0.15, 0.2) is 0 Å². The Bertz CT molecular complexity index is 1170. The first-order valence-electron chi connectivity index (χ1n) is 10.6. The number of hydrogen-bond donors (Lipinski definition) is 2. The average Bonchev–Trinajstić information content (AvgIpc) is 2.80. The van der Waals surface area contributed by atoms with E-state index < -0.39 is 11.8 Å². The van der Waals surface area contributed by atoms with E-state index in [1.807, 2.05) is 105 Å². The topological polar surface area (TPSA) is 70.6 Å². The molecule has 160 valence electrons. The van der Waals surface area contributed by atoms with E-state index in [1.165, 1.54) is 0 Å². The predicted octanol–water partition coefficient (Wildman–Crippen LogP) is 5.41. The molecule has 5 nitrogen and oxygen atoms in total. The zero-order valence-corrected chi connectivity index (χ0v) is 18.1. The third kappa shape index (κ3) is 4.52. The molecule has 0 bridgehead atoms. The Morgan fingerprint density at radius 1 is 0.719 bits per heavy atom. The molecule has 3 aromatic rings. The van der Waals surface area contributed by atoms with Crippen molar-refractivity contribution in [2.24, 2.45) is 10.9 Å².